The van der Waals surface area contributed by atoms with Gasteiger partial charge in [-0.1, -0.05) is 30.3 Å². The monoisotopic (exact) mass is 324 g/mol. The Morgan fingerprint density at radius 2 is 2.00 bits per heavy atom. The first-order valence-corrected chi connectivity index (χ1v) is 9.21. The molecule has 1 fully saturated rings. The fraction of sp³-hybridized carbons (Fsp3) is 0.550. The van der Waals surface area contributed by atoms with Crippen molar-refractivity contribution >= 4 is 0 Å². The number of hydrogen-bond donors (Lipinski definition) is 1. The lowest BCUT2D eigenvalue weighted by molar-refractivity contribution is 0.377. The summed E-state index contributed by atoms with van der Waals surface area (Å²) in [6, 6.07) is 11.0. The molecule has 1 N–H and O–H groups in total. The number of benzene rings is 1. The van der Waals surface area contributed by atoms with Crippen LogP contribution in [-0.2, 0) is 24.9 Å². The van der Waals surface area contributed by atoms with Crippen molar-refractivity contribution in [2.24, 2.45) is 0 Å². The second-order valence-corrected chi connectivity index (χ2v) is 7.53. The highest BCUT2D eigenvalue weighted by Crippen LogP contribution is 2.54. The lowest BCUT2D eigenvalue weighted by atomic mass is 9.88. The summed E-state index contributed by atoms with van der Waals surface area (Å²) in [6.45, 7) is 4.20. The molecular weight excluding hydrogens is 296 g/mol. The van der Waals surface area contributed by atoms with Gasteiger partial charge in [-0.2, -0.15) is 5.10 Å². The molecule has 1 aliphatic carbocycles. The summed E-state index contributed by atoms with van der Waals surface area (Å²) in [6.07, 6.45) is 4.73. The lowest BCUT2D eigenvalue weighted by Gasteiger charge is -2.19. The van der Waals surface area contributed by atoms with Crippen molar-refractivity contribution in [2.45, 2.75) is 44.2 Å². The molecular formula is C20H28N4. The van der Waals surface area contributed by atoms with E-state index in [2.05, 4.69) is 59.3 Å². The van der Waals surface area contributed by atoms with E-state index in [4.69, 9.17) is 5.10 Å². The predicted octanol–water partition coefficient (Wildman–Crippen LogP) is 2.56. The van der Waals surface area contributed by atoms with Gasteiger partial charge in [-0.3, -0.25) is 4.68 Å². The van der Waals surface area contributed by atoms with E-state index in [0.717, 1.165) is 39.0 Å². The largest absolute Gasteiger partial charge is 0.312 e. The van der Waals surface area contributed by atoms with E-state index < -0.39 is 0 Å². The van der Waals surface area contributed by atoms with Gasteiger partial charge in [0.2, 0.25) is 0 Å². The predicted molar refractivity (Wildman–Crippen MR) is 97.3 cm³/mol. The number of fused-ring (bicyclic) bond motifs is 1. The summed E-state index contributed by atoms with van der Waals surface area (Å²) in [5, 5.41) is 8.72. The smallest absolute Gasteiger partial charge is 0.0777 e. The van der Waals surface area contributed by atoms with Gasteiger partial charge >= 0.3 is 0 Å². The second kappa shape index (κ2) is 6.34. The summed E-state index contributed by atoms with van der Waals surface area (Å²) in [7, 11) is 4.28. The Morgan fingerprint density at radius 1 is 1.21 bits per heavy atom. The van der Waals surface area contributed by atoms with Crippen LogP contribution in [0.3, 0.4) is 0 Å². The van der Waals surface area contributed by atoms with E-state index in [1.54, 1.807) is 0 Å². The van der Waals surface area contributed by atoms with Crippen LogP contribution in [0.1, 0.15) is 41.8 Å². The number of nitrogens with one attached hydrogen (secondary N) is 1. The van der Waals surface area contributed by atoms with Crippen LogP contribution >= 0.6 is 0 Å². The Bertz CT molecular complexity index is 698. The van der Waals surface area contributed by atoms with Gasteiger partial charge in [-0.05, 0) is 45.5 Å². The summed E-state index contributed by atoms with van der Waals surface area (Å²) < 4.78 is 2.32. The molecule has 4 nitrogen and oxygen atoms in total. The van der Waals surface area contributed by atoms with Gasteiger partial charge < -0.3 is 10.2 Å². The van der Waals surface area contributed by atoms with E-state index >= 15 is 0 Å². The van der Waals surface area contributed by atoms with Gasteiger partial charge in [-0.25, -0.2) is 0 Å². The van der Waals surface area contributed by atoms with E-state index in [-0.39, 0.29) is 5.41 Å². The Kier molecular flexibility index (Phi) is 4.19. The molecule has 0 spiro atoms. The molecule has 2 heterocycles. The third kappa shape index (κ3) is 2.78. The minimum absolute atomic E-state index is 0.178. The van der Waals surface area contributed by atoms with Crippen molar-refractivity contribution in [1.82, 2.24) is 20.0 Å². The number of nitrogens with zero attached hydrogens (tertiary/aromatic N) is 3. The van der Waals surface area contributed by atoms with Crippen LogP contribution in [0.15, 0.2) is 30.3 Å². The molecule has 2 aromatic rings. The lowest BCUT2D eigenvalue weighted by Crippen LogP contribution is -2.26. The molecule has 0 atom stereocenters. The highest BCUT2D eigenvalue weighted by atomic mass is 15.3. The van der Waals surface area contributed by atoms with Gasteiger partial charge in [0.15, 0.2) is 0 Å². The molecule has 2 aliphatic rings. The molecule has 1 aliphatic heterocycles. The van der Waals surface area contributed by atoms with Crippen LogP contribution in [0.4, 0.5) is 0 Å². The number of aromatic nitrogens is 2. The average molecular weight is 324 g/mol. The molecule has 0 unspecified atom stereocenters. The van der Waals surface area contributed by atoms with Crippen molar-refractivity contribution in [1.29, 1.82) is 0 Å². The van der Waals surface area contributed by atoms with Crippen LogP contribution in [-0.4, -0.2) is 41.9 Å². The maximum Gasteiger partial charge on any atom is 0.0777 e. The number of rotatable bonds is 6. The molecule has 24 heavy (non-hydrogen) atoms. The van der Waals surface area contributed by atoms with Gasteiger partial charge in [0.1, 0.15) is 0 Å². The maximum atomic E-state index is 5.16. The van der Waals surface area contributed by atoms with E-state index in [9.17, 15) is 0 Å². The van der Waals surface area contributed by atoms with Gasteiger partial charge in [0.05, 0.1) is 5.69 Å². The first-order valence-electron chi connectivity index (χ1n) is 9.21. The normalized spacial score (nSPS) is 18.6. The quantitative estimate of drug-likeness (QED) is 0.886. The molecule has 0 amide bonds. The molecule has 1 saturated carbocycles. The van der Waals surface area contributed by atoms with Crippen molar-refractivity contribution in [3.05, 3.63) is 52.8 Å². The first kappa shape index (κ1) is 15.9. The molecule has 128 valence electrons. The van der Waals surface area contributed by atoms with E-state index in [1.807, 2.05) is 0 Å². The van der Waals surface area contributed by atoms with Crippen LogP contribution in [0.2, 0.25) is 0 Å². The standard InChI is InChI=1S/C20H28N4/c1-23(2)13-6-14-24-18-9-12-21-15-17(18)19(22-24)20(10-11-20)16-7-4-3-5-8-16/h3-5,7-8,21H,6,9-15H2,1-2H3. The topological polar surface area (TPSA) is 33.1 Å². The maximum absolute atomic E-state index is 5.16. The zero-order valence-electron chi connectivity index (χ0n) is 14.9. The molecule has 0 saturated heterocycles. The molecule has 4 rings (SSSR count). The zero-order chi connectivity index (χ0) is 16.6. The Hall–Kier alpha value is -1.65. The van der Waals surface area contributed by atoms with Crippen molar-refractivity contribution < 1.29 is 0 Å². The zero-order valence-corrected chi connectivity index (χ0v) is 14.9. The minimum Gasteiger partial charge on any atom is -0.312 e. The minimum atomic E-state index is 0.178. The molecule has 0 radical (unpaired) electrons. The highest BCUT2D eigenvalue weighted by Gasteiger charge is 2.50. The fourth-order valence-corrected chi connectivity index (χ4v) is 4.07. The summed E-state index contributed by atoms with van der Waals surface area (Å²) in [5.74, 6) is 0. The summed E-state index contributed by atoms with van der Waals surface area (Å²) in [4.78, 5) is 2.25. The van der Waals surface area contributed by atoms with Gasteiger partial charge in [0, 0.05) is 42.7 Å². The van der Waals surface area contributed by atoms with Crippen LogP contribution in [0.25, 0.3) is 0 Å². The van der Waals surface area contributed by atoms with Crippen LogP contribution < -0.4 is 5.32 Å². The molecule has 1 aromatic heterocycles. The number of aryl methyl sites for hydroxylation is 1. The Balaban J connectivity index is 1.67. The SMILES string of the molecule is CN(C)CCCn1nc(C2(c3ccccc3)CC2)c2c1CCNC2. The van der Waals surface area contributed by atoms with Gasteiger partial charge in [-0.15, -0.1) is 0 Å². The Labute approximate surface area is 144 Å². The van der Waals surface area contributed by atoms with Gasteiger partial charge in [0.25, 0.3) is 0 Å². The van der Waals surface area contributed by atoms with E-state index in [0.29, 0.717) is 0 Å². The van der Waals surface area contributed by atoms with Crippen molar-refractivity contribution in [3.8, 4) is 0 Å². The van der Waals surface area contributed by atoms with Crippen molar-refractivity contribution in [3.63, 3.8) is 0 Å². The average Bonchev–Trinajstić information content (AvgIpc) is 3.33. The highest BCUT2D eigenvalue weighted by molar-refractivity contribution is 5.47. The third-order valence-electron chi connectivity index (χ3n) is 5.51. The number of hydrogen-bond acceptors (Lipinski definition) is 3. The van der Waals surface area contributed by atoms with E-state index in [1.165, 1.54) is 35.4 Å². The second-order valence-electron chi connectivity index (χ2n) is 7.53. The third-order valence-corrected chi connectivity index (χ3v) is 5.51. The summed E-state index contributed by atoms with van der Waals surface area (Å²) >= 11 is 0. The molecule has 0 bridgehead atoms. The fourth-order valence-electron chi connectivity index (χ4n) is 4.07. The first-order chi connectivity index (χ1) is 11.7. The Morgan fingerprint density at radius 3 is 2.71 bits per heavy atom. The van der Waals surface area contributed by atoms with Crippen LogP contribution in [0.5, 0.6) is 0 Å². The molecule has 1 aromatic carbocycles. The van der Waals surface area contributed by atoms with Crippen molar-refractivity contribution in [2.75, 3.05) is 27.2 Å². The summed E-state index contributed by atoms with van der Waals surface area (Å²) in [5.41, 5.74) is 5.92. The molecule has 4 heteroatoms. The van der Waals surface area contributed by atoms with Crippen LogP contribution in [0, 0.1) is 0 Å².